The maximum Gasteiger partial charge on any atom is 0.314 e. The number of rotatable bonds is 8. The summed E-state index contributed by atoms with van der Waals surface area (Å²) in [7, 11) is 1.53. The molecule has 1 amide bonds. The molecule has 27 heavy (non-hydrogen) atoms. The van der Waals surface area contributed by atoms with Crippen LogP contribution in [-0.4, -0.2) is 25.1 Å². The lowest BCUT2D eigenvalue weighted by atomic mass is 9.85. The highest BCUT2D eigenvalue weighted by atomic mass is 16.5. The van der Waals surface area contributed by atoms with Gasteiger partial charge in [-0.2, -0.15) is 0 Å². The van der Waals surface area contributed by atoms with Gasteiger partial charge in [-0.05, 0) is 30.5 Å². The molecular weight excluding hydrogens is 342 g/mol. The first kappa shape index (κ1) is 20.5. The van der Waals surface area contributed by atoms with Crippen molar-refractivity contribution in [3.63, 3.8) is 0 Å². The number of carbonyl (C=O) groups excluding carboxylic acids is 2. The maximum absolute atomic E-state index is 12.8. The highest BCUT2D eigenvalue weighted by Crippen LogP contribution is 2.29. The van der Waals surface area contributed by atoms with Crippen LogP contribution in [0.25, 0.3) is 0 Å². The Labute approximate surface area is 160 Å². The van der Waals surface area contributed by atoms with Crippen LogP contribution in [-0.2, 0) is 14.3 Å². The van der Waals surface area contributed by atoms with Gasteiger partial charge in [-0.3, -0.25) is 9.59 Å². The Hall–Kier alpha value is -2.82. The summed E-state index contributed by atoms with van der Waals surface area (Å²) < 4.78 is 10.7. The first-order valence-electron chi connectivity index (χ1n) is 9.17. The zero-order valence-corrected chi connectivity index (χ0v) is 16.3. The summed E-state index contributed by atoms with van der Waals surface area (Å²) in [5, 5.41) is 2.75. The van der Waals surface area contributed by atoms with Crippen molar-refractivity contribution in [3.8, 4) is 5.75 Å². The van der Waals surface area contributed by atoms with Crippen molar-refractivity contribution in [1.29, 1.82) is 0 Å². The van der Waals surface area contributed by atoms with E-state index in [2.05, 4.69) is 5.32 Å². The number of methoxy groups -OCH3 is 1. The maximum atomic E-state index is 12.8. The summed E-state index contributed by atoms with van der Waals surface area (Å²) in [6, 6.07) is 16.6. The third kappa shape index (κ3) is 5.33. The second-order valence-corrected chi connectivity index (χ2v) is 6.54. The van der Waals surface area contributed by atoms with Gasteiger partial charge in [0.1, 0.15) is 5.75 Å². The average molecular weight is 369 g/mol. The topological polar surface area (TPSA) is 64.6 Å². The number of amides is 1. The second-order valence-electron chi connectivity index (χ2n) is 6.54. The van der Waals surface area contributed by atoms with Gasteiger partial charge >= 0.3 is 5.97 Å². The fraction of sp³-hybridized carbons (Fsp3) is 0.364. The molecule has 2 aromatic rings. The Balaban J connectivity index is 2.09. The van der Waals surface area contributed by atoms with E-state index in [1.807, 2.05) is 50.2 Å². The molecule has 144 valence electrons. The number of esters is 1. The summed E-state index contributed by atoms with van der Waals surface area (Å²) in [5.41, 5.74) is 1.43. The third-order valence-corrected chi connectivity index (χ3v) is 4.65. The largest absolute Gasteiger partial charge is 0.495 e. The zero-order chi connectivity index (χ0) is 19.8. The lowest BCUT2D eigenvalue weighted by molar-refractivity contribution is -0.155. The third-order valence-electron chi connectivity index (χ3n) is 4.65. The predicted octanol–water partition coefficient (Wildman–Crippen LogP) is 4.40. The molecule has 2 rings (SSSR count). The first-order valence-corrected chi connectivity index (χ1v) is 9.17. The molecular formula is C22H27NO4. The molecule has 1 N–H and O–H groups in total. The van der Waals surface area contributed by atoms with Crippen LogP contribution in [0.15, 0.2) is 54.6 Å². The van der Waals surface area contributed by atoms with Crippen LogP contribution in [0.4, 0.5) is 5.69 Å². The van der Waals surface area contributed by atoms with Crippen molar-refractivity contribution in [2.45, 2.75) is 39.2 Å². The number of anilines is 1. The van der Waals surface area contributed by atoms with E-state index in [4.69, 9.17) is 9.47 Å². The monoisotopic (exact) mass is 369 g/mol. The molecule has 3 atom stereocenters. The van der Waals surface area contributed by atoms with E-state index in [0.29, 0.717) is 11.4 Å². The Morgan fingerprint density at radius 1 is 1.00 bits per heavy atom. The fourth-order valence-corrected chi connectivity index (χ4v) is 2.88. The molecule has 5 heteroatoms. The molecule has 0 aliphatic rings. The van der Waals surface area contributed by atoms with Gasteiger partial charge in [-0.25, -0.2) is 0 Å². The van der Waals surface area contributed by atoms with Crippen molar-refractivity contribution in [1.82, 2.24) is 0 Å². The van der Waals surface area contributed by atoms with Crippen LogP contribution < -0.4 is 10.1 Å². The molecule has 0 aliphatic heterocycles. The molecule has 0 radical (unpaired) electrons. The Bertz CT molecular complexity index is 760. The van der Waals surface area contributed by atoms with E-state index in [-0.39, 0.29) is 5.92 Å². The standard InChI is InChI=1S/C22H27NO4/c1-5-15(2)20(17-11-7-6-8-12-17)22(25)27-16(3)21(24)23-18-13-9-10-14-19(18)26-4/h6-16,20H,5H2,1-4H3,(H,23,24)/t15-,16+,20-/m1/s1. The molecule has 0 bridgehead atoms. The molecule has 0 saturated heterocycles. The van der Waals surface area contributed by atoms with Gasteiger partial charge in [-0.1, -0.05) is 62.7 Å². The molecule has 0 spiro atoms. The zero-order valence-electron chi connectivity index (χ0n) is 16.3. The first-order chi connectivity index (χ1) is 13.0. The van der Waals surface area contributed by atoms with E-state index in [9.17, 15) is 9.59 Å². The lowest BCUT2D eigenvalue weighted by Crippen LogP contribution is -2.33. The Morgan fingerprint density at radius 2 is 1.63 bits per heavy atom. The smallest absolute Gasteiger partial charge is 0.314 e. The summed E-state index contributed by atoms with van der Waals surface area (Å²) in [6.07, 6.45) is -0.0890. The van der Waals surface area contributed by atoms with E-state index in [1.54, 1.807) is 25.1 Å². The quantitative estimate of drug-likeness (QED) is 0.701. The predicted molar refractivity (Wildman–Crippen MR) is 106 cm³/mol. The second kappa shape index (κ2) is 9.76. The van der Waals surface area contributed by atoms with Crippen LogP contribution in [0, 0.1) is 5.92 Å². The Morgan fingerprint density at radius 3 is 2.26 bits per heavy atom. The van der Waals surface area contributed by atoms with Crippen molar-refractivity contribution in [2.75, 3.05) is 12.4 Å². The summed E-state index contributed by atoms with van der Waals surface area (Å²) in [6.45, 7) is 5.62. The van der Waals surface area contributed by atoms with Gasteiger partial charge in [0, 0.05) is 0 Å². The molecule has 0 aliphatic carbocycles. The number of para-hydroxylation sites is 2. The van der Waals surface area contributed by atoms with Gasteiger partial charge in [-0.15, -0.1) is 0 Å². The minimum Gasteiger partial charge on any atom is -0.495 e. The van der Waals surface area contributed by atoms with Crippen molar-refractivity contribution in [2.24, 2.45) is 5.92 Å². The van der Waals surface area contributed by atoms with Gasteiger partial charge < -0.3 is 14.8 Å². The average Bonchev–Trinajstić information content (AvgIpc) is 2.69. The van der Waals surface area contributed by atoms with Crippen molar-refractivity contribution >= 4 is 17.6 Å². The molecule has 0 saturated carbocycles. The van der Waals surface area contributed by atoms with E-state index in [0.717, 1.165) is 12.0 Å². The van der Waals surface area contributed by atoms with Crippen LogP contribution in [0.1, 0.15) is 38.7 Å². The molecule has 0 unspecified atom stereocenters. The van der Waals surface area contributed by atoms with Crippen LogP contribution in [0.3, 0.4) is 0 Å². The van der Waals surface area contributed by atoms with Gasteiger partial charge in [0.25, 0.3) is 5.91 Å². The molecule has 0 aromatic heterocycles. The number of benzene rings is 2. The number of hydrogen-bond acceptors (Lipinski definition) is 4. The lowest BCUT2D eigenvalue weighted by Gasteiger charge is -2.24. The molecule has 2 aromatic carbocycles. The van der Waals surface area contributed by atoms with Crippen LogP contribution >= 0.6 is 0 Å². The summed E-state index contributed by atoms with van der Waals surface area (Å²) >= 11 is 0. The van der Waals surface area contributed by atoms with E-state index < -0.39 is 23.9 Å². The van der Waals surface area contributed by atoms with Crippen LogP contribution in [0.5, 0.6) is 5.75 Å². The Kier molecular flexibility index (Phi) is 7.41. The minimum atomic E-state index is -0.919. The number of nitrogens with one attached hydrogen (secondary N) is 1. The van der Waals surface area contributed by atoms with Crippen molar-refractivity contribution in [3.05, 3.63) is 60.2 Å². The van der Waals surface area contributed by atoms with Crippen LogP contribution in [0.2, 0.25) is 0 Å². The summed E-state index contributed by atoms with van der Waals surface area (Å²) in [4.78, 5) is 25.3. The molecule has 5 nitrogen and oxygen atoms in total. The van der Waals surface area contributed by atoms with Gasteiger partial charge in [0.05, 0.1) is 18.7 Å². The SMILES string of the molecule is CC[C@@H](C)[C@@H](C(=O)O[C@@H](C)C(=O)Nc1ccccc1OC)c1ccccc1. The fourth-order valence-electron chi connectivity index (χ4n) is 2.88. The number of hydrogen-bond donors (Lipinski definition) is 1. The van der Waals surface area contributed by atoms with E-state index >= 15 is 0 Å². The van der Waals surface area contributed by atoms with Gasteiger partial charge in [0.15, 0.2) is 6.10 Å². The normalized spacial score (nSPS) is 13.9. The highest BCUT2D eigenvalue weighted by molar-refractivity contribution is 5.96. The highest BCUT2D eigenvalue weighted by Gasteiger charge is 2.30. The number of ether oxygens (including phenoxy) is 2. The summed E-state index contributed by atoms with van der Waals surface area (Å²) in [5.74, 6) is -0.546. The molecule has 0 heterocycles. The van der Waals surface area contributed by atoms with Crippen molar-refractivity contribution < 1.29 is 19.1 Å². The number of carbonyl (C=O) groups is 2. The van der Waals surface area contributed by atoms with Gasteiger partial charge in [0.2, 0.25) is 0 Å². The molecule has 0 fully saturated rings. The minimum absolute atomic E-state index is 0.101. The van der Waals surface area contributed by atoms with E-state index in [1.165, 1.54) is 7.11 Å².